The number of thiazole rings is 1. The van der Waals surface area contributed by atoms with Gasteiger partial charge in [-0.3, -0.25) is 4.79 Å². The molecule has 24 heavy (non-hydrogen) atoms. The van der Waals surface area contributed by atoms with Crippen LogP contribution in [0.4, 0.5) is 0 Å². The molecule has 0 saturated carbocycles. The van der Waals surface area contributed by atoms with Crippen LogP contribution in [-0.4, -0.2) is 22.8 Å². The van der Waals surface area contributed by atoms with Gasteiger partial charge < -0.3 is 4.90 Å². The number of hydrogen-bond donors (Lipinski definition) is 0. The summed E-state index contributed by atoms with van der Waals surface area (Å²) in [6.07, 6.45) is 0.402. The second kappa shape index (κ2) is 7.41. The molecule has 1 aromatic heterocycles. The van der Waals surface area contributed by atoms with Crippen molar-refractivity contribution in [3.05, 3.63) is 76.8 Å². The van der Waals surface area contributed by atoms with Crippen LogP contribution < -0.4 is 0 Å². The first-order chi connectivity index (χ1) is 11.6. The minimum atomic E-state index is 0.116. The van der Waals surface area contributed by atoms with E-state index in [4.69, 9.17) is 0 Å². The van der Waals surface area contributed by atoms with Gasteiger partial charge in [-0.15, -0.1) is 11.3 Å². The Morgan fingerprint density at radius 2 is 1.67 bits per heavy atom. The molecule has 0 aliphatic carbocycles. The first kappa shape index (κ1) is 16.4. The lowest BCUT2D eigenvalue weighted by Gasteiger charge is -2.17. The molecule has 0 saturated heterocycles. The number of nitrogens with zero attached hydrogens (tertiary/aromatic N) is 2. The zero-order valence-corrected chi connectivity index (χ0v) is 14.7. The van der Waals surface area contributed by atoms with E-state index in [1.807, 2.05) is 74.6 Å². The Morgan fingerprint density at radius 3 is 2.33 bits per heavy atom. The van der Waals surface area contributed by atoms with Crippen LogP contribution in [0, 0.1) is 6.92 Å². The summed E-state index contributed by atoms with van der Waals surface area (Å²) in [6.45, 7) is 2.60. The zero-order valence-electron chi connectivity index (χ0n) is 13.9. The lowest BCUT2D eigenvalue weighted by atomic mass is 10.2. The molecule has 0 unspecified atom stereocenters. The third kappa shape index (κ3) is 3.89. The molecule has 1 amide bonds. The van der Waals surface area contributed by atoms with Crippen LogP contribution in [0.15, 0.2) is 60.7 Å². The first-order valence-corrected chi connectivity index (χ1v) is 8.75. The van der Waals surface area contributed by atoms with Crippen molar-refractivity contribution >= 4 is 17.2 Å². The molecule has 0 aliphatic rings. The van der Waals surface area contributed by atoms with Gasteiger partial charge in [-0.1, -0.05) is 60.7 Å². The Kier molecular flexibility index (Phi) is 5.06. The quantitative estimate of drug-likeness (QED) is 0.695. The molecule has 122 valence electrons. The van der Waals surface area contributed by atoms with Crippen molar-refractivity contribution in [2.45, 2.75) is 19.9 Å². The summed E-state index contributed by atoms with van der Waals surface area (Å²) < 4.78 is 0. The minimum absolute atomic E-state index is 0.116. The standard InChI is InChI=1S/C20H20N2OS/c1-15-18(24-20(21-15)17-11-7-4-8-12-17)13-19(23)22(2)14-16-9-5-3-6-10-16/h3-12H,13-14H2,1-2H3. The maximum Gasteiger partial charge on any atom is 0.227 e. The number of carbonyl (C=O) groups is 1. The number of benzene rings is 2. The largest absolute Gasteiger partial charge is 0.341 e. The van der Waals surface area contributed by atoms with Crippen molar-refractivity contribution in [2.24, 2.45) is 0 Å². The highest BCUT2D eigenvalue weighted by molar-refractivity contribution is 7.15. The molecule has 1 heterocycles. The van der Waals surface area contributed by atoms with E-state index in [0.29, 0.717) is 13.0 Å². The van der Waals surface area contributed by atoms with Crippen LogP contribution in [0.5, 0.6) is 0 Å². The molecule has 0 aliphatic heterocycles. The van der Waals surface area contributed by atoms with E-state index in [-0.39, 0.29) is 5.91 Å². The lowest BCUT2D eigenvalue weighted by molar-refractivity contribution is -0.129. The monoisotopic (exact) mass is 336 g/mol. The van der Waals surface area contributed by atoms with E-state index in [2.05, 4.69) is 4.98 Å². The van der Waals surface area contributed by atoms with Crippen molar-refractivity contribution in [1.82, 2.24) is 9.88 Å². The summed E-state index contributed by atoms with van der Waals surface area (Å²) in [5.74, 6) is 0.116. The van der Waals surface area contributed by atoms with Gasteiger partial charge in [-0.25, -0.2) is 4.98 Å². The summed E-state index contributed by atoms with van der Waals surface area (Å²) in [6, 6.07) is 20.1. The number of amides is 1. The minimum Gasteiger partial charge on any atom is -0.341 e. The molecule has 0 radical (unpaired) electrons. The van der Waals surface area contributed by atoms with Crippen molar-refractivity contribution in [3.63, 3.8) is 0 Å². The molecule has 2 aromatic carbocycles. The number of rotatable bonds is 5. The Bertz CT molecular complexity index is 812. The van der Waals surface area contributed by atoms with Gasteiger partial charge in [0.2, 0.25) is 5.91 Å². The van der Waals surface area contributed by atoms with E-state index in [9.17, 15) is 4.79 Å². The molecule has 0 fully saturated rings. The van der Waals surface area contributed by atoms with Crippen LogP contribution >= 0.6 is 11.3 Å². The number of aryl methyl sites for hydroxylation is 1. The molecular formula is C20H20N2OS. The molecule has 0 spiro atoms. The van der Waals surface area contributed by atoms with Gasteiger partial charge in [-0.05, 0) is 12.5 Å². The Balaban J connectivity index is 1.69. The molecule has 0 atom stereocenters. The normalized spacial score (nSPS) is 10.6. The van der Waals surface area contributed by atoms with E-state index >= 15 is 0 Å². The van der Waals surface area contributed by atoms with Crippen molar-refractivity contribution in [1.29, 1.82) is 0 Å². The highest BCUT2D eigenvalue weighted by Gasteiger charge is 2.15. The first-order valence-electron chi connectivity index (χ1n) is 7.93. The number of carbonyl (C=O) groups excluding carboxylic acids is 1. The molecule has 0 bridgehead atoms. The van der Waals surface area contributed by atoms with E-state index in [1.54, 1.807) is 16.2 Å². The smallest absolute Gasteiger partial charge is 0.227 e. The predicted molar refractivity (Wildman–Crippen MR) is 98.9 cm³/mol. The topological polar surface area (TPSA) is 33.2 Å². The van der Waals surface area contributed by atoms with Gasteiger partial charge in [0.05, 0.1) is 12.1 Å². The van der Waals surface area contributed by atoms with Crippen LogP contribution in [0.3, 0.4) is 0 Å². The average Bonchev–Trinajstić information content (AvgIpc) is 2.97. The summed E-state index contributed by atoms with van der Waals surface area (Å²) in [7, 11) is 1.85. The number of aromatic nitrogens is 1. The number of likely N-dealkylation sites (N-methyl/N-ethyl adjacent to an activating group) is 1. The van der Waals surface area contributed by atoms with Crippen LogP contribution in [-0.2, 0) is 17.8 Å². The molecule has 0 N–H and O–H groups in total. The molecule has 3 aromatic rings. The van der Waals surface area contributed by atoms with Crippen molar-refractivity contribution < 1.29 is 4.79 Å². The summed E-state index contributed by atoms with van der Waals surface area (Å²) in [5, 5.41) is 0.974. The van der Waals surface area contributed by atoms with E-state index < -0.39 is 0 Å². The van der Waals surface area contributed by atoms with Crippen LogP contribution in [0.2, 0.25) is 0 Å². The third-order valence-corrected chi connectivity index (χ3v) is 5.12. The van der Waals surface area contributed by atoms with Crippen LogP contribution in [0.1, 0.15) is 16.1 Å². The van der Waals surface area contributed by atoms with Crippen molar-refractivity contribution in [3.8, 4) is 10.6 Å². The van der Waals surface area contributed by atoms with Gasteiger partial charge >= 0.3 is 0 Å². The summed E-state index contributed by atoms with van der Waals surface area (Å²) in [4.78, 5) is 20.0. The predicted octanol–water partition coefficient (Wildman–Crippen LogP) is 4.32. The molecular weight excluding hydrogens is 316 g/mol. The lowest BCUT2D eigenvalue weighted by Crippen LogP contribution is -2.27. The Hall–Kier alpha value is -2.46. The van der Waals surface area contributed by atoms with E-state index in [0.717, 1.165) is 26.7 Å². The SMILES string of the molecule is Cc1nc(-c2ccccc2)sc1CC(=O)N(C)Cc1ccccc1. The highest BCUT2D eigenvalue weighted by Crippen LogP contribution is 2.28. The third-order valence-electron chi connectivity index (χ3n) is 3.91. The maximum atomic E-state index is 12.5. The second-order valence-corrected chi connectivity index (χ2v) is 6.89. The van der Waals surface area contributed by atoms with Gasteiger partial charge in [0.25, 0.3) is 0 Å². The van der Waals surface area contributed by atoms with Gasteiger partial charge in [0.1, 0.15) is 5.01 Å². The Morgan fingerprint density at radius 1 is 1.04 bits per heavy atom. The fourth-order valence-corrected chi connectivity index (χ4v) is 3.57. The zero-order chi connectivity index (χ0) is 16.9. The summed E-state index contributed by atoms with van der Waals surface area (Å²) >= 11 is 1.61. The fourth-order valence-electron chi connectivity index (χ4n) is 2.51. The Labute approximate surface area is 146 Å². The maximum absolute atomic E-state index is 12.5. The van der Waals surface area contributed by atoms with Gasteiger partial charge in [-0.2, -0.15) is 0 Å². The van der Waals surface area contributed by atoms with E-state index in [1.165, 1.54) is 0 Å². The average molecular weight is 336 g/mol. The second-order valence-electron chi connectivity index (χ2n) is 5.81. The van der Waals surface area contributed by atoms with Crippen LogP contribution in [0.25, 0.3) is 10.6 Å². The van der Waals surface area contributed by atoms with Gasteiger partial charge in [0, 0.05) is 24.0 Å². The van der Waals surface area contributed by atoms with Crippen molar-refractivity contribution in [2.75, 3.05) is 7.05 Å². The van der Waals surface area contributed by atoms with Gasteiger partial charge in [0.15, 0.2) is 0 Å². The summed E-state index contributed by atoms with van der Waals surface area (Å²) in [5.41, 5.74) is 3.18. The highest BCUT2D eigenvalue weighted by atomic mass is 32.1. The number of hydrogen-bond acceptors (Lipinski definition) is 3. The fraction of sp³-hybridized carbons (Fsp3) is 0.200. The molecule has 4 heteroatoms. The molecule has 3 rings (SSSR count). The molecule has 3 nitrogen and oxygen atoms in total.